The van der Waals surface area contributed by atoms with Crippen molar-refractivity contribution in [2.24, 2.45) is 4.99 Å². The second-order valence-corrected chi connectivity index (χ2v) is 4.97. The largest absolute Gasteiger partial charge is 0.294 e. The molecule has 3 nitrogen and oxygen atoms in total. The topological polar surface area (TPSA) is 27.6 Å². The van der Waals surface area contributed by atoms with E-state index in [1.54, 1.807) is 0 Å². The first kappa shape index (κ1) is 12.2. The second-order valence-electron chi connectivity index (χ2n) is 4.97. The Kier molecular flexibility index (Phi) is 3.87. The minimum absolute atomic E-state index is 0.515. The number of amidine groups is 1. The highest BCUT2D eigenvalue weighted by Crippen LogP contribution is 2.22. The van der Waals surface area contributed by atoms with Crippen LogP contribution in [0, 0.1) is 0 Å². The van der Waals surface area contributed by atoms with Crippen molar-refractivity contribution in [2.75, 3.05) is 7.05 Å². The van der Waals surface area contributed by atoms with Gasteiger partial charge >= 0.3 is 0 Å². The maximum absolute atomic E-state index is 4.88. The van der Waals surface area contributed by atoms with Crippen molar-refractivity contribution >= 4 is 5.84 Å². The zero-order chi connectivity index (χ0) is 12.3. The molecule has 2 aliphatic rings. The number of hydrogen-bond acceptors (Lipinski definition) is 2. The standard InChI is InChI=1S/C14H23N3/c1-4-12-10-11(2)17(3)16-14(12)15-13-8-6-5-7-9-13/h4,10,13H,5-9H2,1-3H3,(H,15,16)/b12-4+. The van der Waals surface area contributed by atoms with Gasteiger partial charge in [0.1, 0.15) is 5.84 Å². The molecule has 1 N–H and O–H groups in total. The minimum atomic E-state index is 0.515. The van der Waals surface area contributed by atoms with Gasteiger partial charge in [-0.1, -0.05) is 25.3 Å². The molecule has 17 heavy (non-hydrogen) atoms. The van der Waals surface area contributed by atoms with Gasteiger partial charge in [-0.25, -0.2) is 0 Å². The molecule has 0 unspecified atom stereocenters. The van der Waals surface area contributed by atoms with Crippen molar-refractivity contribution < 1.29 is 0 Å². The quantitative estimate of drug-likeness (QED) is 0.754. The van der Waals surface area contributed by atoms with Crippen molar-refractivity contribution in [3.8, 4) is 0 Å². The molecule has 1 aliphatic heterocycles. The third-order valence-electron chi connectivity index (χ3n) is 3.64. The lowest BCUT2D eigenvalue weighted by Crippen LogP contribution is -2.42. The third kappa shape index (κ3) is 2.90. The van der Waals surface area contributed by atoms with Gasteiger partial charge in [-0.15, -0.1) is 0 Å². The van der Waals surface area contributed by atoms with Crippen molar-refractivity contribution in [1.29, 1.82) is 0 Å². The van der Waals surface area contributed by atoms with E-state index < -0.39 is 0 Å². The summed E-state index contributed by atoms with van der Waals surface area (Å²) in [4.78, 5) is 4.88. The van der Waals surface area contributed by atoms with E-state index in [2.05, 4.69) is 31.4 Å². The molecule has 1 heterocycles. The summed E-state index contributed by atoms with van der Waals surface area (Å²) in [6.45, 7) is 4.18. The summed E-state index contributed by atoms with van der Waals surface area (Å²) in [5, 5.41) is 2.04. The normalized spacial score (nSPS) is 27.2. The first-order chi connectivity index (χ1) is 8.20. The number of rotatable bonds is 1. The van der Waals surface area contributed by atoms with Crippen LogP contribution in [-0.4, -0.2) is 23.9 Å². The van der Waals surface area contributed by atoms with E-state index in [-0.39, 0.29) is 0 Å². The number of nitrogens with zero attached hydrogens (tertiary/aromatic N) is 2. The molecule has 0 aromatic heterocycles. The van der Waals surface area contributed by atoms with Gasteiger partial charge in [0.15, 0.2) is 0 Å². The molecule has 0 aromatic rings. The van der Waals surface area contributed by atoms with Gasteiger partial charge in [0.05, 0.1) is 6.04 Å². The summed E-state index contributed by atoms with van der Waals surface area (Å²) in [7, 11) is 2.04. The first-order valence-electron chi connectivity index (χ1n) is 6.64. The number of aliphatic imine (C=N–C) groups is 1. The molecule has 0 bridgehead atoms. The van der Waals surface area contributed by atoms with Crippen molar-refractivity contribution in [3.63, 3.8) is 0 Å². The van der Waals surface area contributed by atoms with E-state index in [1.807, 2.05) is 12.1 Å². The Labute approximate surface area is 104 Å². The third-order valence-corrected chi connectivity index (χ3v) is 3.64. The van der Waals surface area contributed by atoms with E-state index in [4.69, 9.17) is 4.99 Å². The van der Waals surface area contributed by atoms with E-state index in [1.165, 1.54) is 43.4 Å². The molecule has 0 saturated heterocycles. The number of nitrogens with one attached hydrogen (secondary N) is 1. The lowest BCUT2D eigenvalue weighted by molar-refractivity contribution is 0.362. The highest BCUT2D eigenvalue weighted by molar-refractivity contribution is 6.01. The lowest BCUT2D eigenvalue weighted by Gasteiger charge is -2.30. The van der Waals surface area contributed by atoms with E-state index >= 15 is 0 Å². The summed E-state index contributed by atoms with van der Waals surface area (Å²) >= 11 is 0. The fourth-order valence-electron chi connectivity index (χ4n) is 2.42. The molecule has 1 fully saturated rings. The Balaban J connectivity index is 2.16. The zero-order valence-corrected chi connectivity index (χ0v) is 11.2. The predicted octanol–water partition coefficient (Wildman–Crippen LogP) is 3.02. The van der Waals surface area contributed by atoms with Crippen LogP contribution in [0.4, 0.5) is 0 Å². The van der Waals surface area contributed by atoms with Gasteiger partial charge in [-0.3, -0.25) is 15.4 Å². The SMILES string of the molecule is C/C=C1\C=C(C)N(C)NC1=NC1CCCCC1. The van der Waals surface area contributed by atoms with Gasteiger partial charge in [-0.2, -0.15) is 0 Å². The van der Waals surface area contributed by atoms with E-state index in [9.17, 15) is 0 Å². The van der Waals surface area contributed by atoms with Crippen LogP contribution in [0.3, 0.4) is 0 Å². The Morgan fingerprint density at radius 2 is 2.06 bits per heavy atom. The number of hydrazine groups is 1. The van der Waals surface area contributed by atoms with Crippen LogP contribution in [0.15, 0.2) is 28.4 Å². The fourth-order valence-corrected chi connectivity index (χ4v) is 2.42. The van der Waals surface area contributed by atoms with Crippen LogP contribution in [-0.2, 0) is 0 Å². The highest BCUT2D eigenvalue weighted by Gasteiger charge is 2.18. The zero-order valence-electron chi connectivity index (χ0n) is 11.2. The van der Waals surface area contributed by atoms with Crippen LogP contribution in [0.5, 0.6) is 0 Å². The molecule has 0 spiro atoms. The summed E-state index contributed by atoms with van der Waals surface area (Å²) < 4.78 is 0. The Hall–Kier alpha value is -1.25. The van der Waals surface area contributed by atoms with Gasteiger partial charge in [0.25, 0.3) is 0 Å². The average Bonchev–Trinajstić information content (AvgIpc) is 2.35. The van der Waals surface area contributed by atoms with Crippen LogP contribution in [0.2, 0.25) is 0 Å². The second kappa shape index (κ2) is 5.39. The monoisotopic (exact) mass is 233 g/mol. The lowest BCUT2D eigenvalue weighted by atomic mass is 9.96. The van der Waals surface area contributed by atoms with Crippen LogP contribution < -0.4 is 5.43 Å². The van der Waals surface area contributed by atoms with Gasteiger partial charge < -0.3 is 0 Å². The van der Waals surface area contributed by atoms with Crippen LogP contribution in [0.25, 0.3) is 0 Å². The molecular weight excluding hydrogens is 210 g/mol. The molecule has 1 saturated carbocycles. The first-order valence-corrected chi connectivity index (χ1v) is 6.64. The Morgan fingerprint density at radius 1 is 1.35 bits per heavy atom. The van der Waals surface area contributed by atoms with Crippen molar-refractivity contribution in [3.05, 3.63) is 23.4 Å². The maximum atomic E-state index is 4.88. The summed E-state index contributed by atoms with van der Waals surface area (Å²) in [6, 6.07) is 0.515. The highest BCUT2D eigenvalue weighted by atomic mass is 15.5. The summed E-state index contributed by atoms with van der Waals surface area (Å²) in [5.41, 5.74) is 5.80. The summed E-state index contributed by atoms with van der Waals surface area (Å²) in [6.07, 6.45) is 10.9. The van der Waals surface area contributed by atoms with E-state index in [0.717, 1.165) is 5.84 Å². The Bertz CT molecular complexity index is 360. The Morgan fingerprint density at radius 3 is 2.71 bits per heavy atom. The fraction of sp³-hybridized carbons (Fsp3) is 0.643. The van der Waals surface area contributed by atoms with Crippen molar-refractivity contribution in [1.82, 2.24) is 10.4 Å². The molecule has 2 rings (SSSR count). The molecule has 3 heteroatoms. The molecule has 94 valence electrons. The molecule has 0 radical (unpaired) electrons. The predicted molar refractivity (Wildman–Crippen MR) is 72.7 cm³/mol. The molecule has 0 amide bonds. The molecule has 0 aromatic carbocycles. The van der Waals surface area contributed by atoms with Crippen molar-refractivity contribution in [2.45, 2.75) is 52.0 Å². The van der Waals surface area contributed by atoms with Gasteiger partial charge in [0, 0.05) is 18.3 Å². The number of allylic oxidation sites excluding steroid dienone is 2. The maximum Gasteiger partial charge on any atom is 0.147 e. The van der Waals surface area contributed by atoms with Crippen LogP contribution in [0.1, 0.15) is 46.0 Å². The van der Waals surface area contributed by atoms with E-state index in [0.29, 0.717) is 6.04 Å². The minimum Gasteiger partial charge on any atom is -0.294 e. The molecule has 1 aliphatic carbocycles. The summed E-state index contributed by atoms with van der Waals surface area (Å²) in [5.74, 6) is 1.03. The van der Waals surface area contributed by atoms with Crippen LogP contribution >= 0.6 is 0 Å². The van der Waals surface area contributed by atoms with Gasteiger partial charge in [-0.05, 0) is 32.8 Å². The smallest absolute Gasteiger partial charge is 0.147 e. The average molecular weight is 233 g/mol. The molecular formula is C14H23N3. The van der Waals surface area contributed by atoms with Gasteiger partial charge in [0.2, 0.25) is 0 Å². The molecule has 0 atom stereocenters. The number of hydrogen-bond donors (Lipinski definition) is 1.